The maximum atomic E-state index is 8.57. The fourth-order valence-corrected chi connectivity index (χ4v) is 1.16. The molecule has 0 spiro atoms. The van der Waals surface area contributed by atoms with Crippen molar-refractivity contribution in [1.82, 2.24) is 19.9 Å². The van der Waals surface area contributed by atoms with Crippen LogP contribution >= 0.6 is 0 Å². The first-order valence-electron chi connectivity index (χ1n) is 5.44. The first kappa shape index (κ1) is 13.1. The van der Waals surface area contributed by atoms with Crippen molar-refractivity contribution >= 4 is 0 Å². The van der Waals surface area contributed by atoms with Crippen LogP contribution in [0.4, 0.5) is 0 Å². The van der Waals surface area contributed by atoms with E-state index in [9.17, 15) is 0 Å². The topological polar surface area (TPSA) is 63.4 Å². The van der Waals surface area contributed by atoms with E-state index in [4.69, 9.17) is 9.84 Å². The Hall–Kier alpha value is -0.980. The minimum Gasteiger partial charge on any atom is -0.396 e. The molecule has 1 heterocycles. The Balaban J connectivity index is 2.22. The summed E-state index contributed by atoms with van der Waals surface area (Å²) in [5, 5.41) is 16.6. The van der Waals surface area contributed by atoms with Crippen LogP contribution in [0, 0.1) is 0 Å². The largest absolute Gasteiger partial charge is 0.396 e. The molecule has 0 aliphatic rings. The molecule has 0 saturated carbocycles. The molecule has 0 fully saturated rings. The number of likely N-dealkylation sites (N-methyl/N-ethyl adjacent to an activating group) is 1. The van der Waals surface area contributed by atoms with E-state index in [2.05, 4.69) is 15.2 Å². The fourth-order valence-electron chi connectivity index (χ4n) is 1.16. The van der Waals surface area contributed by atoms with Crippen LogP contribution in [0.5, 0.6) is 0 Å². The summed E-state index contributed by atoms with van der Waals surface area (Å²) in [5.41, 5.74) is 0.830. The number of hydrogen-bond donors (Lipinski definition) is 1. The first-order chi connectivity index (χ1) is 7.72. The zero-order valence-corrected chi connectivity index (χ0v) is 9.96. The molecule has 6 nitrogen and oxygen atoms in total. The van der Waals surface area contributed by atoms with E-state index in [0.29, 0.717) is 19.6 Å². The minimum absolute atomic E-state index is 0.162. The monoisotopic (exact) mass is 228 g/mol. The maximum Gasteiger partial charge on any atom is 0.108 e. The molecule has 0 aliphatic carbocycles. The summed E-state index contributed by atoms with van der Waals surface area (Å²) in [4.78, 5) is 2.10. The molecule has 1 aromatic heterocycles. The fraction of sp³-hybridized carbons (Fsp3) is 0.800. The van der Waals surface area contributed by atoms with Gasteiger partial charge in [-0.3, -0.25) is 4.68 Å². The Morgan fingerprint density at radius 2 is 2.31 bits per heavy atom. The Bertz CT molecular complexity index is 288. The summed E-state index contributed by atoms with van der Waals surface area (Å²) in [6, 6.07) is 0. The summed E-state index contributed by atoms with van der Waals surface area (Å²) in [5.74, 6) is 0. The van der Waals surface area contributed by atoms with Crippen LogP contribution in [-0.2, 0) is 17.9 Å². The van der Waals surface area contributed by atoms with Crippen molar-refractivity contribution in [2.24, 2.45) is 0 Å². The quantitative estimate of drug-likeness (QED) is 0.621. The van der Waals surface area contributed by atoms with E-state index in [0.717, 1.165) is 18.8 Å². The molecule has 0 saturated heterocycles. The standard InChI is InChI=1S/C10H20N4O2/c1-13(2)4-5-14-8-10(11-12-14)9-16-7-3-6-15/h8,15H,3-7,9H2,1-2H3. The van der Waals surface area contributed by atoms with Crippen LogP contribution < -0.4 is 0 Å². The van der Waals surface area contributed by atoms with Crippen molar-refractivity contribution < 1.29 is 9.84 Å². The van der Waals surface area contributed by atoms with Crippen LogP contribution in [0.25, 0.3) is 0 Å². The lowest BCUT2D eigenvalue weighted by atomic mass is 10.5. The van der Waals surface area contributed by atoms with Crippen LogP contribution in [0.1, 0.15) is 12.1 Å². The highest BCUT2D eigenvalue weighted by Crippen LogP contribution is 1.97. The van der Waals surface area contributed by atoms with Gasteiger partial charge >= 0.3 is 0 Å². The Labute approximate surface area is 95.8 Å². The molecule has 16 heavy (non-hydrogen) atoms. The SMILES string of the molecule is CN(C)CCn1cc(COCCCO)nn1. The van der Waals surface area contributed by atoms with Gasteiger partial charge in [0.25, 0.3) is 0 Å². The van der Waals surface area contributed by atoms with Crippen LogP contribution in [0.2, 0.25) is 0 Å². The van der Waals surface area contributed by atoms with E-state index < -0.39 is 0 Å². The van der Waals surface area contributed by atoms with Gasteiger partial charge in [-0.05, 0) is 20.5 Å². The number of ether oxygens (including phenoxy) is 1. The van der Waals surface area contributed by atoms with E-state index >= 15 is 0 Å². The first-order valence-corrected chi connectivity index (χ1v) is 5.44. The van der Waals surface area contributed by atoms with Gasteiger partial charge in [-0.25, -0.2) is 0 Å². The number of aromatic nitrogens is 3. The summed E-state index contributed by atoms with van der Waals surface area (Å²) in [6.07, 6.45) is 2.55. The molecular weight excluding hydrogens is 208 g/mol. The van der Waals surface area contributed by atoms with Crippen LogP contribution in [0.3, 0.4) is 0 Å². The molecule has 0 amide bonds. The third-order valence-corrected chi connectivity index (χ3v) is 2.06. The van der Waals surface area contributed by atoms with Crippen molar-refractivity contribution in [2.45, 2.75) is 19.6 Å². The van der Waals surface area contributed by atoms with Crippen molar-refractivity contribution in [3.63, 3.8) is 0 Å². The summed E-state index contributed by atoms with van der Waals surface area (Å²) < 4.78 is 7.12. The highest BCUT2D eigenvalue weighted by Gasteiger charge is 2.01. The average Bonchev–Trinajstić information content (AvgIpc) is 2.70. The van der Waals surface area contributed by atoms with Crippen molar-refractivity contribution in [2.75, 3.05) is 33.9 Å². The number of nitrogens with zero attached hydrogens (tertiary/aromatic N) is 4. The highest BCUT2D eigenvalue weighted by atomic mass is 16.5. The predicted octanol–water partition coefficient (Wildman–Crippen LogP) is -0.261. The number of aliphatic hydroxyl groups is 1. The molecule has 1 N–H and O–H groups in total. The highest BCUT2D eigenvalue weighted by molar-refractivity contribution is 4.89. The molecule has 0 bridgehead atoms. The zero-order chi connectivity index (χ0) is 11.8. The second-order valence-electron chi connectivity index (χ2n) is 3.91. The minimum atomic E-state index is 0.162. The number of hydrogen-bond acceptors (Lipinski definition) is 5. The second-order valence-corrected chi connectivity index (χ2v) is 3.91. The lowest BCUT2D eigenvalue weighted by Crippen LogP contribution is -2.18. The molecule has 0 radical (unpaired) electrons. The van der Waals surface area contributed by atoms with Gasteiger partial charge in [-0.15, -0.1) is 5.10 Å². The van der Waals surface area contributed by atoms with Crippen molar-refractivity contribution in [3.8, 4) is 0 Å². The van der Waals surface area contributed by atoms with Gasteiger partial charge in [-0.1, -0.05) is 5.21 Å². The van der Waals surface area contributed by atoms with Crippen molar-refractivity contribution in [3.05, 3.63) is 11.9 Å². The van der Waals surface area contributed by atoms with Gasteiger partial charge < -0.3 is 14.7 Å². The van der Waals surface area contributed by atoms with Gasteiger partial charge in [0.15, 0.2) is 0 Å². The molecule has 0 atom stereocenters. The smallest absolute Gasteiger partial charge is 0.108 e. The Kier molecular flexibility index (Phi) is 5.99. The lowest BCUT2D eigenvalue weighted by molar-refractivity contribution is 0.102. The van der Waals surface area contributed by atoms with Gasteiger partial charge in [0.2, 0.25) is 0 Å². The van der Waals surface area contributed by atoms with Crippen LogP contribution in [0.15, 0.2) is 6.20 Å². The van der Waals surface area contributed by atoms with E-state index in [1.165, 1.54) is 0 Å². The summed E-state index contributed by atoms with van der Waals surface area (Å²) in [7, 11) is 4.05. The maximum absolute atomic E-state index is 8.57. The molecule has 1 rings (SSSR count). The van der Waals surface area contributed by atoms with Gasteiger partial charge in [0, 0.05) is 19.8 Å². The predicted molar refractivity (Wildman–Crippen MR) is 59.9 cm³/mol. The van der Waals surface area contributed by atoms with Gasteiger partial charge in [0.1, 0.15) is 5.69 Å². The average molecular weight is 228 g/mol. The third kappa shape index (κ3) is 5.20. The second kappa shape index (κ2) is 7.32. The third-order valence-electron chi connectivity index (χ3n) is 2.06. The molecule has 6 heteroatoms. The van der Waals surface area contributed by atoms with Crippen molar-refractivity contribution in [1.29, 1.82) is 0 Å². The Morgan fingerprint density at radius 1 is 1.50 bits per heavy atom. The lowest BCUT2D eigenvalue weighted by Gasteiger charge is -2.07. The molecule has 0 aliphatic heterocycles. The molecule has 1 aromatic rings. The molecular formula is C10H20N4O2. The van der Waals surface area contributed by atoms with Gasteiger partial charge in [0.05, 0.1) is 19.3 Å². The van der Waals surface area contributed by atoms with E-state index in [1.807, 2.05) is 25.0 Å². The molecule has 0 unspecified atom stereocenters. The summed E-state index contributed by atoms with van der Waals surface area (Å²) >= 11 is 0. The molecule has 0 aromatic carbocycles. The van der Waals surface area contributed by atoms with Gasteiger partial charge in [-0.2, -0.15) is 0 Å². The number of rotatable bonds is 8. The molecule has 92 valence electrons. The normalized spacial score (nSPS) is 11.2. The summed E-state index contributed by atoms with van der Waals surface area (Å²) in [6.45, 7) is 2.95. The number of aliphatic hydroxyl groups excluding tert-OH is 1. The zero-order valence-electron chi connectivity index (χ0n) is 9.96. The Morgan fingerprint density at radius 3 is 3.00 bits per heavy atom. The van der Waals surface area contributed by atoms with E-state index in [1.54, 1.807) is 0 Å². The van der Waals surface area contributed by atoms with E-state index in [-0.39, 0.29) is 6.61 Å². The van der Waals surface area contributed by atoms with Crippen LogP contribution in [-0.4, -0.2) is 58.9 Å².